The van der Waals surface area contributed by atoms with Gasteiger partial charge < -0.3 is 5.21 Å². The van der Waals surface area contributed by atoms with Crippen LogP contribution in [-0.4, -0.2) is 10.4 Å². The van der Waals surface area contributed by atoms with Gasteiger partial charge in [0.05, 0.1) is 0 Å². The van der Waals surface area contributed by atoms with Crippen molar-refractivity contribution in [3.05, 3.63) is 31.8 Å². The molecule has 0 aromatic heterocycles. The molecule has 0 aliphatic heterocycles. The molecule has 0 aliphatic rings. The van der Waals surface area contributed by atoms with Crippen LogP contribution in [0.15, 0.2) is 27.8 Å². The number of rotatable bonds is 1. The Morgan fingerprint density at radius 1 is 1.58 bits per heavy atom. The first kappa shape index (κ1) is 10.3. The maximum absolute atomic E-state index is 8.44. The average Bonchev–Trinajstić information content (AvgIpc) is 2.08. The highest BCUT2D eigenvalue weighted by atomic mass is 127. The highest BCUT2D eigenvalue weighted by molar-refractivity contribution is 14.1. The van der Waals surface area contributed by atoms with Gasteiger partial charge in [0.25, 0.3) is 0 Å². The van der Waals surface area contributed by atoms with Gasteiger partial charge in [-0.15, -0.1) is 0 Å². The van der Waals surface area contributed by atoms with Gasteiger partial charge in [0, 0.05) is 13.6 Å². The van der Waals surface area contributed by atoms with E-state index in [4.69, 9.17) is 16.8 Å². The van der Waals surface area contributed by atoms with Crippen molar-refractivity contribution < 1.29 is 5.21 Å². The summed E-state index contributed by atoms with van der Waals surface area (Å²) in [4.78, 5) is 0. The summed E-state index contributed by atoms with van der Waals surface area (Å²) >= 11 is 11.1. The molecule has 0 bridgehead atoms. The van der Waals surface area contributed by atoms with E-state index in [0.717, 1.165) is 8.04 Å². The van der Waals surface area contributed by atoms with Gasteiger partial charge in [0.15, 0.2) is 5.17 Å². The summed E-state index contributed by atoms with van der Waals surface area (Å²) in [5, 5.41) is 11.5. The van der Waals surface area contributed by atoms with Crippen molar-refractivity contribution in [1.29, 1.82) is 0 Å². The quantitative estimate of drug-likeness (QED) is 0.354. The molecule has 2 nitrogen and oxygen atoms in total. The van der Waals surface area contributed by atoms with Gasteiger partial charge in [-0.25, -0.2) is 0 Å². The molecule has 1 rings (SSSR count). The zero-order chi connectivity index (χ0) is 9.14. The van der Waals surface area contributed by atoms with Crippen molar-refractivity contribution >= 4 is 55.3 Å². The van der Waals surface area contributed by atoms with Crippen LogP contribution in [0.5, 0.6) is 0 Å². The van der Waals surface area contributed by atoms with E-state index in [1.165, 1.54) is 0 Å². The predicted molar refractivity (Wildman–Crippen MR) is 61.0 cm³/mol. The van der Waals surface area contributed by atoms with Crippen LogP contribution in [0, 0.1) is 3.57 Å². The zero-order valence-corrected chi connectivity index (χ0v) is 10.3. The second-order valence-corrected chi connectivity index (χ2v) is 4.45. The van der Waals surface area contributed by atoms with E-state index in [1.807, 2.05) is 12.1 Å². The van der Waals surface area contributed by atoms with Gasteiger partial charge in [0.1, 0.15) is 0 Å². The van der Waals surface area contributed by atoms with Crippen LogP contribution in [0.3, 0.4) is 0 Å². The molecular formula is C7H4BrClINO. The lowest BCUT2D eigenvalue weighted by Crippen LogP contribution is -1.94. The molecule has 0 unspecified atom stereocenters. The molecule has 5 heteroatoms. The lowest BCUT2D eigenvalue weighted by molar-refractivity contribution is 0.321. The van der Waals surface area contributed by atoms with E-state index in [9.17, 15) is 0 Å². The summed E-state index contributed by atoms with van der Waals surface area (Å²) in [5.74, 6) is 0. The van der Waals surface area contributed by atoms with Gasteiger partial charge in [0.2, 0.25) is 0 Å². The van der Waals surface area contributed by atoms with Gasteiger partial charge in [-0.1, -0.05) is 32.7 Å². The zero-order valence-electron chi connectivity index (χ0n) is 5.76. The van der Waals surface area contributed by atoms with E-state index in [2.05, 4.69) is 43.7 Å². The third kappa shape index (κ3) is 2.34. The van der Waals surface area contributed by atoms with Gasteiger partial charge in [-0.3, -0.25) is 0 Å². The number of halogens is 3. The van der Waals surface area contributed by atoms with E-state index < -0.39 is 0 Å². The molecule has 0 heterocycles. The normalized spacial score (nSPS) is 11.8. The lowest BCUT2D eigenvalue weighted by atomic mass is 10.2. The van der Waals surface area contributed by atoms with Crippen molar-refractivity contribution in [2.75, 3.05) is 0 Å². The Bertz CT molecular complexity index is 329. The minimum Gasteiger partial charge on any atom is -0.410 e. The third-order valence-electron chi connectivity index (χ3n) is 1.24. The van der Waals surface area contributed by atoms with E-state index >= 15 is 0 Å². The molecule has 0 amide bonds. The molecule has 0 fully saturated rings. The van der Waals surface area contributed by atoms with Crippen molar-refractivity contribution in [3.8, 4) is 0 Å². The Kier molecular flexibility index (Phi) is 3.79. The molecule has 64 valence electrons. The second kappa shape index (κ2) is 4.43. The molecule has 0 atom stereocenters. The molecule has 0 saturated carbocycles. The lowest BCUT2D eigenvalue weighted by Gasteiger charge is -2.00. The number of nitrogens with zero attached hydrogens (tertiary/aromatic N) is 1. The fourth-order valence-corrected chi connectivity index (χ4v) is 1.98. The first-order chi connectivity index (χ1) is 5.65. The van der Waals surface area contributed by atoms with Crippen LogP contribution < -0.4 is 0 Å². The molecule has 12 heavy (non-hydrogen) atoms. The number of hydrogen-bond donors (Lipinski definition) is 1. The Balaban J connectivity index is 3.23. The molecule has 1 aromatic rings. The van der Waals surface area contributed by atoms with Crippen LogP contribution in [0.4, 0.5) is 0 Å². The smallest absolute Gasteiger partial charge is 0.176 e. The second-order valence-electron chi connectivity index (χ2n) is 2.01. The Morgan fingerprint density at radius 2 is 2.25 bits per heavy atom. The van der Waals surface area contributed by atoms with Crippen LogP contribution >= 0.6 is 50.1 Å². The minimum absolute atomic E-state index is 0.0979. The number of oxime groups is 1. The van der Waals surface area contributed by atoms with Crippen molar-refractivity contribution in [2.24, 2.45) is 5.16 Å². The maximum Gasteiger partial charge on any atom is 0.176 e. The largest absolute Gasteiger partial charge is 0.410 e. The average molecular weight is 360 g/mol. The van der Waals surface area contributed by atoms with Gasteiger partial charge >= 0.3 is 0 Å². The summed E-state index contributed by atoms with van der Waals surface area (Å²) in [6, 6.07) is 5.57. The molecule has 0 aliphatic carbocycles. The third-order valence-corrected chi connectivity index (χ3v) is 2.95. The fourth-order valence-electron chi connectivity index (χ4n) is 0.709. The van der Waals surface area contributed by atoms with Crippen LogP contribution in [0.25, 0.3) is 0 Å². The molecule has 0 radical (unpaired) electrons. The number of hydrogen-bond acceptors (Lipinski definition) is 2. The van der Waals surface area contributed by atoms with E-state index in [-0.39, 0.29) is 5.17 Å². The first-order valence-electron chi connectivity index (χ1n) is 2.98. The van der Waals surface area contributed by atoms with Crippen LogP contribution in [0.2, 0.25) is 0 Å². The van der Waals surface area contributed by atoms with Crippen LogP contribution in [-0.2, 0) is 0 Å². The monoisotopic (exact) mass is 359 g/mol. The molecular weight excluding hydrogens is 356 g/mol. The topological polar surface area (TPSA) is 32.6 Å². The molecule has 1 aromatic carbocycles. The fraction of sp³-hybridized carbons (Fsp3) is 0. The summed E-state index contributed by atoms with van der Waals surface area (Å²) in [6.07, 6.45) is 0. The Labute approximate surface area is 96.9 Å². The molecule has 0 spiro atoms. The standard InChI is InChI=1S/C7H4BrClINO/c8-4-1-2-6(10)5(3-4)7(9)11-12/h1-3,12H. The predicted octanol–water partition coefficient (Wildman–Crippen LogP) is 3.43. The molecule has 0 saturated heterocycles. The summed E-state index contributed by atoms with van der Waals surface area (Å²) < 4.78 is 1.85. The van der Waals surface area contributed by atoms with Crippen molar-refractivity contribution in [3.63, 3.8) is 0 Å². The Hall–Kier alpha value is 0.190. The Morgan fingerprint density at radius 3 is 2.83 bits per heavy atom. The van der Waals surface area contributed by atoms with Crippen LogP contribution in [0.1, 0.15) is 5.56 Å². The highest BCUT2D eigenvalue weighted by Gasteiger charge is 2.05. The van der Waals surface area contributed by atoms with Crippen molar-refractivity contribution in [1.82, 2.24) is 0 Å². The van der Waals surface area contributed by atoms with Crippen molar-refractivity contribution in [2.45, 2.75) is 0 Å². The number of benzene rings is 1. The minimum atomic E-state index is 0.0979. The van der Waals surface area contributed by atoms with E-state index in [0.29, 0.717) is 5.56 Å². The summed E-state index contributed by atoms with van der Waals surface area (Å²) in [5.41, 5.74) is 0.717. The highest BCUT2D eigenvalue weighted by Crippen LogP contribution is 2.20. The summed E-state index contributed by atoms with van der Waals surface area (Å²) in [6.45, 7) is 0. The van der Waals surface area contributed by atoms with Gasteiger partial charge in [-0.2, -0.15) is 0 Å². The maximum atomic E-state index is 8.44. The summed E-state index contributed by atoms with van der Waals surface area (Å²) in [7, 11) is 0. The van der Waals surface area contributed by atoms with E-state index in [1.54, 1.807) is 6.07 Å². The SMILES string of the molecule is ON=C(Cl)c1cc(Br)ccc1I. The molecule has 1 N–H and O–H groups in total. The first-order valence-corrected chi connectivity index (χ1v) is 5.23. The van der Waals surface area contributed by atoms with Gasteiger partial charge in [-0.05, 0) is 40.8 Å².